The number of fused-ring (bicyclic) bond motifs is 1. The molecular formula is C34H45N7O7. The van der Waals surface area contributed by atoms with Gasteiger partial charge in [0.1, 0.15) is 23.9 Å². The molecule has 0 radical (unpaired) electrons. The van der Waals surface area contributed by atoms with Crippen molar-refractivity contribution in [3.63, 3.8) is 0 Å². The van der Waals surface area contributed by atoms with Gasteiger partial charge in [-0.15, -0.1) is 0 Å². The number of phenolic OH excluding ortho intramolecular Hbond substituents is 1. The van der Waals surface area contributed by atoms with Crippen molar-refractivity contribution in [1.29, 1.82) is 0 Å². The van der Waals surface area contributed by atoms with Crippen LogP contribution in [0.3, 0.4) is 0 Å². The van der Waals surface area contributed by atoms with Gasteiger partial charge in [-0.05, 0) is 61.9 Å². The number of hydrogen-bond donors (Lipinski definition) is 8. The van der Waals surface area contributed by atoms with Gasteiger partial charge in [0.25, 0.3) is 0 Å². The molecule has 14 nitrogen and oxygen atoms in total. The molecule has 14 heteroatoms. The lowest BCUT2D eigenvalue weighted by molar-refractivity contribution is -0.143. The number of amides is 5. The molecule has 48 heavy (non-hydrogen) atoms. The van der Waals surface area contributed by atoms with Gasteiger partial charge in [0.15, 0.2) is 0 Å². The topological polar surface area (TPSA) is 219 Å². The number of nitrogens with two attached hydrogens (primary N) is 1. The highest BCUT2D eigenvalue weighted by atomic mass is 16.3. The number of carbonyl (C=O) groups is 5. The van der Waals surface area contributed by atoms with E-state index in [-0.39, 0.29) is 24.8 Å². The van der Waals surface area contributed by atoms with Crippen molar-refractivity contribution in [1.82, 2.24) is 31.2 Å². The van der Waals surface area contributed by atoms with Crippen LogP contribution in [-0.4, -0.2) is 99.5 Å². The Bertz CT molecular complexity index is 1590. The van der Waals surface area contributed by atoms with E-state index < -0.39 is 66.9 Å². The Morgan fingerprint density at radius 1 is 0.979 bits per heavy atom. The van der Waals surface area contributed by atoms with Gasteiger partial charge in [-0.3, -0.25) is 24.0 Å². The van der Waals surface area contributed by atoms with Crippen LogP contribution in [0.25, 0.3) is 10.9 Å². The smallest absolute Gasteiger partial charge is 0.248 e. The molecule has 1 aliphatic heterocycles. The number of aliphatic hydroxyl groups excluding tert-OH is 1. The van der Waals surface area contributed by atoms with E-state index in [1.807, 2.05) is 31.2 Å². The number of aromatic amines is 1. The van der Waals surface area contributed by atoms with Crippen LogP contribution in [0.1, 0.15) is 44.2 Å². The number of likely N-dealkylation sites (tertiary alicyclic amines) is 1. The van der Waals surface area contributed by atoms with E-state index in [2.05, 4.69) is 26.3 Å². The van der Waals surface area contributed by atoms with E-state index in [1.54, 1.807) is 37.4 Å². The minimum Gasteiger partial charge on any atom is -0.508 e. The standard InChI is InChI=1S/C34H45N7O7/c1-3-25(35)31(45)37-18-30(44)39-28(19-42)34(48)41-14-6-9-29(41)33(47)40-27(16-22-17-36-26-8-5-4-7-24(22)26)32(46)38-20(2)15-21-10-12-23(43)13-11-21/h4-5,7-8,10-13,17,20,25,27-29,36,42-43H,3,6,9,14-16,18-19,35H2,1-2H3,(H,37,45)(H,38,46)(H,39,44)(H,40,47). The second-order valence-electron chi connectivity index (χ2n) is 12.1. The summed E-state index contributed by atoms with van der Waals surface area (Å²) in [5.41, 5.74) is 8.29. The Morgan fingerprint density at radius 2 is 1.71 bits per heavy atom. The zero-order valence-electron chi connectivity index (χ0n) is 27.2. The first-order valence-corrected chi connectivity index (χ1v) is 16.2. The van der Waals surface area contributed by atoms with Gasteiger partial charge in [-0.2, -0.15) is 0 Å². The molecule has 1 aliphatic rings. The Balaban J connectivity index is 1.45. The van der Waals surface area contributed by atoms with E-state index in [1.165, 1.54) is 4.90 Å². The SMILES string of the molecule is CCC(N)C(=O)NCC(=O)NC(CO)C(=O)N1CCCC1C(=O)NC(Cc1c[nH]c2ccccc12)C(=O)NC(C)Cc1ccc(O)cc1. The first-order valence-electron chi connectivity index (χ1n) is 16.2. The minimum absolute atomic E-state index is 0.144. The lowest BCUT2D eigenvalue weighted by atomic mass is 10.0. The molecule has 5 amide bonds. The maximum atomic E-state index is 13.8. The third kappa shape index (κ3) is 9.32. The number of nitrogens with zero attached hydrogens (tertiary/aromatic N) is 1. The second-order valence-corrected chi connectivity index (χ2v) is 12.1. The summed E-state index contributed by atoms with van der Waals surface area (Å²) >= 11 is 0. The quantitative estimate of drug-likeness (QED) is 0.110. The average Bonchev–Trinajstić information content (AvgIpc) is 3.74. The van der Waals surface area contributed by atoms with E-state index >= 15 is 0 Å². The number of nitrogens with one attached hydrogen (secondary N) is 5. The summed E-state index contributed by atoms with van der Waals surface area (Å²) in [6.07, 6.45) is 3.68. The van der Waals surface area contributed by atoms with Gasteiger partial charge in [0.2, 0.25) is 29.5 Å². The van der Waals surface area contributed by atoms with Crippen LogP contribution in [-0.2, 0) is 36.8 Å². The zero-order valence-corrected chi connectivity index (χ0v) is 27.2. The molecule has 4 rings (SSSR count). The van der Waals surface area contributed by atoms with Crippen LogP contribution in [0, 0.1) is 0 Å². The molecule has 1 aromatic heterocycles. The maximum Gasteiger partial charge on any atom is 0.248 e. The number of benzene rings is 2. The highest BCUT2D eigenvalue weighted by molar-refractivity contribution is 5.96. The largest absolute Gasteiger partial charge is 0.508 e. The predicted octanol–water partition coefficient (Wildman–Crippen LogP) is -0.0302. The van der Waals surface area contributed by atoms with Gasteiger partial charge in [0.05, 0.1) is 19.2 Å². The Kier molecular flexibility index (Phi) is 12.5. The predicted molar refractivity (Wildman–Crippen MR) is 178 cm³/mol. The molecular weight excluding hydrogens is 618 g/mol. The van der Waals surface area contributed by atoms with Crippen LogP contribution in [0.4, 0.5) is 0 Å². The van der Waals surface area contributed by atoms with Crippen LogP contribution < -0.4 is 27.0 Å². The maximum absolute atomic E-state index is 13.8. The summed E-state index contributed by atoms with van der Waals surface area (Å²) < 4.78 is 0. The summed E-state index contributed by atoms with van der Waals surface area (Å²) in [6.45, 7) is 2.64. The number of aromatic hydroxyl groups is 1. The van der Waals surface area contributed by atoms with Crippen molar-refractivity contribution in [2.75, 3.05) is 19.7 Å². The molecule has 3 aromatic rings. The van der Waals surface area contributed by atoms with Gasteiger partial charge in [-0.25, -0.2) is 0 Å². The number of carbonyl (C=O) groups excluding carboxylic acids is 5. The molecule has 258 valence electrons. The molecule has 1 saturated heterocycles. The number of rotatable bonds is 15. The minimum atomic E-state index is -1.34. The van der Waals surface area contributed by atoms with Crippen LogP contribution in [0.15, 0.2) is 54.7 Å². The lowest BCUT2D eigenvalue weighted by Crippen LogP contribution is -2.58. The molecule has 5 atom stereocenters. The summed E-state index contributed by atoms with van der Waals surface area (Å²) in [5, 5.41) is 31.1. The highest BCUT2D eigenvalue weighted by Crippen LogP contribution is 2.22. The number of aromatic nitrogens is 1. The molecule has 0 saturated carbocycles. The number of hydrogen-bond acceptors (Lipinski definition) is 8. The Morgan fingerprint density at radius 3 is 2.42 bits per heavy atom. The molecule has 2 aromatic carbocycles. The second kappa shape index (κ2) is 16.7. The number of aliphatic hydroxyl groups is 1. The van der Waals surface area contributed by atoms with Gasteiger partial charge < -0.3 is 47.1 Å². The van der Waals surface area contributed by atoms with Crippen molar-refractivity contribution in [2.45, 2.75) is 76.2 Å². The Labute approximate surface area is 278 Å². The molecule has 5 unspecified atom stereocenters. The van der Waals surface area contributed by atoms with Crippen molar-refractivity contribution in [2.24, 2.45) is 5.73 Å². The third-order valence-corrected chi connectivity index (χ3v) is 8.45. The molecule has 9 N–H and O–H groups in total. The van der Waals surface area contributed by atoms with Gasteiger partial charge >= 0.3 is 0 Å². The fourth-order valence-electron chi connectivity index (χ4n) is 5.80. The third-order valence-electron chi connectivity index (χ3n) is 8.45. The normalized spacial score (nSPS) is 16.8. The zero-order chi connectivity index (χ0) is 34.8. The first-order chi connectivity index (χ1) is 23.0. The fraction of sp³-hybridized carbons (Fsp3) is 0.441. The summed E-state index contributed by atoms with van der Waals surface area (Å²) in [5.74, 6) is -2.66. The molecule has 0 bridgehead atoms. The van der Waals surface area contributed by atoms with Gasteiger partial charge in [-0.1, -0.05) is 37.3 Å². The molecule has 0 aliphatic carbocycles. The molecule has 1 fully saturated rings. The Hall–Kier alpha value is -4.95. The average molecular weight is 664 g/mol. The van der Waals surface area contributed by atoms with Crippen LogP contribution in [0.2, 0.25) is 0 Å². The lowest BCUT2D eigenvalue weighted by Gasteiger charge is -2.29. The number of para-hydroxylation sites is 1. The van der Waals surface area contributed by atoms with Crippen molar-refractivity contribution < 1.29 is 34.2 Å². The van der Waals surface area contributed by atoms with Crippen LogP contribution >= 0.6 is 0 Å². The summed E-state index contributed by atoms with van der Waals surface area (Å²) in [4.78, 5) is 69.8. The summed E-state index contributed by atoms with van der Waals surface area (Å²) in [7, 11) is 0. The van der Waals surface area contributed by atoms with Crippen molar-refractivity contribution >= 4 is 40.4 Å². The number of phenols is 1. The first kappa shape index (κ1) is 35.9. The van der Waals surface area contributed by atoms with Crippen LogP contribution in [0.5, 0.6) is 5.75 Å². The van der Waals surface area contributed by atoms with Gasteiger partial charge in [0, 0.05) is 36.1 Å². The fourth-order valence-corrected chi connectivity index (χ4v) is 5.80. The van der Waals surface area contributed by atoms with Crippen molar-refractivity contribution in [3.8, 4) is 5.75 Å². The van der Waals surface area contributed by atoms with E-state index in [0.717, 1.165) is 22.0 Å². The summed E-state index contributed by atoms with van der Waals surface area (Å²) in [6, 6.07) is 9.99. The number of H-pyrrole nitrogens is 1. The van der Waals surface area contributed by atoms with E-state index in [0.29, 0.717) is 25.7 Å². The molecule has 2 heterocycles. The highest BCUT2D eigenvalue weighted by Gasteiger charge is 2.39. The van der Waals surface area contributed by atoms with E-state index in [4.69, 9.17) is 5.73 Å². The monoisotopic (exact) mass is 663 g/mol. The van der Waals surface area contributed by atoms with Crippen molar-refractivity contribution in [3.05, 3.63) is 65.9 Å². The molecule has 0 spiro atoms. The van der Waals surface area contributed by atoms with E-state index in [9.17, 15) is 34.2 Å².